The lowest BCUT2D eigenvalue weighted by molar-refractivity contribution is 0.0223. The molecule has 142 valence electrons. The number of fused-ring (bicyclic) bond motifs is 1. The van der Waals surface area contributed by atoms with Crippen molar-refractivity contribution >= 4 is 17.7 Å². The molecule has 0 bridgehead atoms. The van der Waals surface area contributed by atoms with Crippen molar-refractivity contribution in [2.24, 2.45) is 0 Å². The monoisotopic (exact) mass is 368 g/mol. The zero-order valence-corrected chi connectivity index (χ0v) is 15.8. The van der Waals surface area contributed by atoms with E-state index in [1.54, 1.807) is 23.1 Å². The molecular weight excluding hydrogens is 344 g/mol. The molecule has 0 spiro atoms. The normalized spacial score (nSPS) is 13.7. The minimum atomic E-state index is -0.584. The van der Waals surface area contributed by atoms with Gasteiger partial charge < -0.3 is 20.1 Å². The van der Waals surface area contributed by atoms with Gasteiger partial charge in [-0.3, -0.25) is 4.79 Å². The van der Waals surface area contributed by atoms with Crippen molar-refractivity contribution in [3.63, 3.8) is 0 Å². The van der Waals surface area contributed by atoms with Crippen molar-refractivity contribution in [2.75, 3.05) is 11.9 Å². The highest BCUT2D eigenvalue weighted by atomic mass is 16.6. The van der Waals surface area contributed by atoms with Crippen LogP contribution in [0.1, 0.15) is 42.3 Å². The summed E-state index contributed by atoms with van der Waals surface area (Å²) in [4.78, 5) is 26.8. The average molecular weight is 368 g/mol. The first-order chi connectivity index (χ1) is 12.7. The Labute approximate surface area is 158 Å². The highest BCUT2D eigenvalue weighted by molar-refractivity contribution is 6.05. The topological polar surface area (TPSA) is 78.9 Å². The first kappa shape index (κ1) is 18.8. The van der Waals surface area contributed by atoms with Crippen molar-refractivity contribution in [1.29, 1.82) is 0 Å². The molecule has 6 nitrogen and oxygen atoms in total. The highest BCUT2D eigenvalue weighted by Gasteiger charge is 2.28. The number of para-hydroxylation sites is 1. The van der Waals surface area contributed by atoms with Crippen LogP contribution in [-0.2, 0) is 17.7 Å². The van der Waals surface area contributed by atoms with Gasteiger partial charge in [0.2, 0.25) is 0 Å². The lowest BCUT2D eigenvalue weighted by Gasteiger charge is -2.32. The molecule has 2 aromatic rings. The second-order valence-corrected chi connectivity index (χ2v) is 7.60. The Morgan fingerprint density at radius 3 is 2.52 bits per heavy atom. The van der Waals surface area contributed by atoms with Crippen LogP contribution in [0.2, 0.25) is 0 Å². The quantitative estimate of drug-likeness (QED) is 0.842. The number of anilines is 1. The van der Waals surface area contributed by atoms with Gasteiger partial charge >= 0.3 is 6.09 Å². The number of aromatic hydroxyl groups is 1. The standard InChI is InChI=1S/C21H24N2O4/c1-21(2,3)27-20(26)23-10-9-14-11-16(24)12-17(18(14)13-23)19(25)22-15-7-5-4-6-8-15/h4-8,11-12,24H,9-10,13H2,1-3H3,(H,22,25). The molecule has 1 aliphatic heterocycles. The molecule has 0 saturated heterocycles. The summed E-state index contributed by atoms with van der Waals surface area (Å²) in [6, 6.07) is 12.2. The van der Waals surface area contributed by atoms with Gasteiger partial charge in [-0.1, -0.05) is 18.2 Å². The van der Waals surface area contributed by atoms with E-state index in [1.807, 2.05) is 39.0 Å². The van der Waals surface area contributed by atoms with Crippen molar-refractivity contribution in [2.45, 2.75) is 39.3 Å². The van der Waals surface area contributed by atoms with Gasteiger partial charge in [-0.15, -0.1) is 0 Å². The number of hydrogen-bond acceptors (Lipinski definition) is 4. The van der Waals surface area contributed by atoms with E-state index in [0.29, 0.717) is 24.2 Å². The van der Waals surface area contributed by atoms with Crippen LogP contribution in [0.3, 0.4) is 0 Å². The fourth-order valence-corrected chi connectivity index (χ4v) is 3.06. The first-order valence-electron chi connectivity index (χ1n) is 8.92. The number of nitrogens with zero attached hydrogens (tertiary/aromatic N) is 1. The van der Waals surface area contributed by atoms with Crippen LogP contribution in [-0.4, -0.2) is 34.2 Å². The first-order valence-corrected chi connectivity index (χ1v) is 8.92. The van der Waals surface area contributed by atoms with Crippen molar-refractivity contribution in [3.05, 3.63) is 59.2 Å². The van der Waals surface area contributed by atoms with Crippen LogP contribution in [0.4, 0.5) is 10.5 Å². The number of rotatable bonds is 2. The molecule has 0 radical (unpaired) electrons. The van der Waals surface area contributed by atoms with E-state index in [9.17, 15) is 14.7 Å². The third-order valence-electron chi connectivity index (χ3n) is 4.26. The summed E-state index contributed by atoms with van der Waals surface area (Å²) in [6.07, 6.45) is 0.143. The molecule has 2 amide bonds. The lowest BCUT2D eigenvalue weighted by Crippen LogP contribution is -2.40. The number of carbonyl (C=O) groups is 2. The summed E-state index contributed by atoms with van der Waals surface area (Å²) < 4.78 is 5.45. The minimum absolute atomic E-state index is 0.0395. The summed E-state index contributed by atoms with van der Waals surface area (Å²) in [5.41, 5.74) is 2.05. The third kappa shape index (κ3) is 4.58. The van der Waals surface area contributed by atoms with E-state index in [4.69, 9.17) is 4.74 Å². The number of nitrogens with one attached hydrogen (secondary N) is 1. The SMILES string of the molecule is CC(C)(C)OC(=O)N1CCc2cc(O)cc(C(=O)Nc3ccccc3)c2C1. The van der Waals surface area contributed by atoms with Gasteiger partial charge in [-0.05, 0) is 62.6 Å². The molecule has 0 aromatic heterocycles. The van der Waals surface area contributed by atoms with E-state index in [0.717, 1.165) is 11.1 Å². The average Bonchev–Trinajstić information content (AvgIpc) is 2.60. The number of amides is 2. The maximum absolute atomic E-state index is 12.8. The van der Waals surface area contributed by atoms with E-state index in [2.05, 4.69) is 5.32 Å². The Bertz CT molecular complexity index is 856. The Hall–Kier alpha value is -3.02. The summed E-state index contributed by atoms with van der Waals surface area (Å²) >= 11 is 0. The van der Waals surface area contributed by atoms with Gasteiger partial charge in [-0.25, -0.2) is 4.79 Å². The van der Waals surface area contributed by atoms with E-state index in [1.165, 1.54) is 6.07 Å². The molecule has 0 aliphatic carbocycles. The number of hydrogen-bond donors (Lipinski definition) is 2. The summed E-state index contributed by atoms with van der Waals surface area (Å²) in [7, 11) is 0. The smallest absolute Gasteiger partial charge is 0.410 e. The fourth-order valence-electron chi connectivity index (χ4n) is 3.06. The number of carbonyl (C=O) groups excluding carboxylic acids is 2. The van der Waals surface area contributed by atoms with Crippen molar-refractivity contribution in [1.82, 2.24) is 4.90 Å². The van der Waals surface area contributed by atoms with Crippen LogP contribution in [0.15, 0.2) is 42.5 Å². The van der Waals surface area contributed by atoms with E-state index >= 15 is 0 Å². The molecule has 2 aromatic carbocycles. The van der Waals surface area contributed by atoms with Gasteiger partial charge in [0.05, 0.1) is 6.54 Å². The van der Waals surface area contributed by atoms with Crippen LogP contribution in [0, 0.1) is 0 Å². The maximum atomic E-state index is 12.8. The van der Waals surface area contributed by atoms with Crippen LogP contribution in [0.5, 0.6) is 5.75 Å². The molecule has 27 heavy (non-hydrogen) atoms. The zero-order chi connectivity index (χ0) is 19.6. The third-order valence-corrected chi connectivity index (χ3v) is 4.26. The number of benzene rings is 2. The molecule has 0 unspecified atom stereocenters. The molecule has 3 rings (SSSR count). The van der Waals surface area contributed by atoms with E-state index < -0.39 is 11.7 Å². The largest absolute Gasteiger partial charge is 0.508 e. The zero-order valence-electron chi connectivity index (χ0n) is 15.8. The second kappa shape index (κ2) is 7.31. The Morgan fingerprint density at radius 2 is 1.85 bits per heavy atom. The minimum Gasteiger partial charge on any atom is -0.508 e. The second-order valence-electron chi connectivity index (χ2n) is 7.60. The van der Waals surface area contributed by atoms with Gasteiger partial charge in [-0.2, -0.15) is 0 Å². The van der Waals surface area contributed by atoms with E-state index in [-0.39, 0.29) is 18.2 Å². The lowest BCUT2D eigenvalue weighted by atomic mass is 9.94. The molecule has 1 heterocycles. The van der Waals surface area contributed by atoms with Gasteiger partial charge in [0, 0.05) is 17.8 Å². The molecule has 0 atom stereocenters. The van der Waals surface area contributed by atoms with Crippen molar-refractivity contribution < 1.29 is 19.4 Å². The molecular formula is C21H24N2O4. The Balaban J connectivity index is 1.86. The maximum Gasteiger partial charge on any atom is 0.410 e. The van der Waals surface area contributed by atoms with Crippen molar-refractivity contribution in [3.8, 4) is 5.75 Å². The highest BCUT2D eigenvalue weighted by Crippen LogP contribution is 2.29. The fraction of sp³-hybridized carbons (Fsp3) is 0.333. The Morgan fingerprint density at radius 1 is 1.15 bits per heavy atom. The molecule has 0 saturated carbocycles. The molecule has 6 heteroatoms. The predicted molar refractivity (Wildman–Crippen MR) is 103 cm³/mol. The summed E-state index contributed by atoms with van der Waals surface area (Å²) in [5, 5.41) is 12.9. The summed E-state index contributed by atoms with van der Waals surface area (Å²) in [5.74, 6) is -0.280. The number of phenolic OH excluding ortho intramolecular Hbond substituents is 1. The molecule has 1 aliphatic rings. The number of phenols is 1. The molecule has 2 N–H and O–H groups in total. The predicted octanol–water partition coefficient (Wildman–Crippen LogP) is 3.94. The molecule has 0 fully saturated rings. The van der Waals surface area contributed by atoms with Gasteiger partial charge in [0.1, 0.15) is 11.4 Å². The Kier molecular flexibility index (Phi) is 5.08. The summed E-state index contributed by atoms with van der Waals surface area (Å²) in [6.45, 7) is 6.20. The van der Waals surface area contributed by atoms with Gasteiger partial charge in [0.25, 0.3) is 5.91 Å². The van der Waals surface area contributed by atoms with Gasteiger partial charge in [0.15, 0.2) is 0 Å². The number of ether oxygens (including phenoxy) is 1. The van der Waals surface area contributed by atoms with Crippen LogP contribution < -0.4 is 5.32 Å². The van der Waals surface area contributed by atoms with Crippen LogP contribution >= 0.6 is 0 Å². The van der Waals surface area contributed by atoms with Crippen LogP contribution in [0.25, 0.3) is 0 Å².